The van der Waals surface area contributed by atoms with Crippen molar-refractivity contribution in [3.8, 4) is 5.75 Å². The fourth-order valence-electron chi connectivity index (χ4n) is 2.09. The van der Waals surface area contributed by atoms with Gasteiger partial charge in [-0.2, -0.15) is 0 Å². The third-order valence-electron chi connectivity index (χ3n) is 3.32. The summed E-state index contributed by atoms with van der Waals surface area (Å²) >= 11 is 1.69. The molecule has 0 fully saturated rings. The minimum atomic E-state index is 0. The van der Waals surface area contributed by atoms with Crippen LogP contribution in [-0.2, 0) is 17.8 Å². The second kappa shape index (κ2) is 12.9. The number of aliphatic imine (C=N–C) groups is 1. The van der Waals surface area contributed by atoms with Crippen molar-refractivity contribution in [1.29, 1.82) is 0 Å². The van der Waals surface area contributed by atoms with Gasteiger partial charge < -0.3 is 20.1 Å². The molecule has 0 unspecified atom stereocenters. The third-order valence-corrected chi connectivity index (χ3v) is 4.23. The molecule has 8 heteroatoms. The first-order valence-electron chi connectivity index (χ1n) is 8.35. The number of hydrogen-bond donors (Lipinski definition) is 2. The second-order valence-electron chi connectivity index (χ2n) is 5.40. The number of hydrogen-bond acceptors (Lipinski definition) is 5. The van der Waals surface area contributed by atoms with E-state index in [4.69, 9.17) is 9.47 Å². The number of benzene rings is 1. The summed E-state index contributed by atoms with van der Waals surface area (Å²) in [5.74, 6) is 1.63. The fourth-order valence-corrected chi connectivity index (χ4v) is 2.82. The number of halogens is 1. The molecule has 1 heterocycles. The highest BCUT2D eigenvalue weighted by molar-refractivity contribution is 14.0. The van der Waals surface area contributed by atoms with E-state index in [1.807, 2.05) is 30.5 Å². The molecular formula is C18H27IN4O2S. The summed E-state index contributed by atoms with van der Waals surface area (Å²) in [4.78, 5) is 10.2. The molecule has 1 aromatic carbocycles. The Bertz CT molecular complexity index is 661. The van der Waals surface area contributed by atoms with Crippen LogP contribution in [0.3, 0.4) is 0 Å². The maximum atomic E-state index is 5.56. The van der Waals surface area contributed by atoms with Crippen molar-refractivity contribution in [1.82, 2.24) is 15.6 Å². The molecule has 0 aliphatic heterocycles. The van der Waals surface area contributed by atoms with Crippen LogP contribution in [0.25, 0.3) is 0 Å². The van der Waals surface area contributed by atoms with E-state index >= 15 is 0 Å². The molecule has 0 aliphatic carbocycles. The largest absolute Gasteiger partial charge is 0.491 e. The Balaban J connectivity index is 0.00000338. The Kier molecular flexibility index (Phi) is 11.2. The number of nitrogens with zero attached hydrogens (tertiary/aromatic N) is 2. The molecule has 0 radical (unpaired) electrons. The number of nitrogens with one attached hydrogen (secondary N) is 2. The molecule has 2 aromatic rings. The summed E-state index contributed by atoms with van der Waals surface area (Å²) < 4.78 is 10.5. The predicted molar refractivity (Wildman–Crippen MR) is 118 cm³/mol. The van der Waals surface area contributed by atoms with Gasteiger partial charge in [-0.15, -0.1) is 35.3 Å². The number of aryl methyl sites for hydroxylation is 1. The van der Waals surface area contributed by atoms with Crippen LogP contribution < -0.4 is 15.4 Å². The van der Waals surface area contributed by atoms with Crippen molar-refractivity contribution in [3.63, 3.8) is 0 Å². The first kappa shape index (κ1) is 22.7. The van der Waals surface area contributed by atoms with Gasteiger partial charge in [0.25, 0.3) is 0 Å². The highest BCUT2D eigenvalue weighted by atomic mass is 127. The molecule has 0 aliphatic rings. The Morgan fingerprint density at radius 1 is 1.19 bits per heavy atom. The van der Waals surface area contributed by atoms with Gasteiger partial charge in [0, 0.05) is 24.7 Å². The third kappa shape index (κ3) is 8.33. The van der Waals surface area contributed by atoms with Crippen molar-refractivity contribution >= 4 is 41.3 Å². The highest BCUT2D eigenvalue weighted by Crippen LogP contribution is 2.13. The molecular weight excluding hydrogens is 463 g/mol. The number of ether oxygens (including phenoxy) is 2. The molecule has 2 rings (SSSR count). The van der Waals surface area contributed by atoms with Gasteiger partial charge in [0.15, 0.2) is 5.96 Å². The van der Waals surface area contributed by atoms with E-state index in [2.05, 4.69) is 34.5 Å². The van der Waals surface area contributed by atoms with Gasteiger partial charge in [0.1, 0.15) is 17.4 Å². The molecule has 6 nitrogen and oxygen atoms in total. The molecule has 2 N–H and O–H groups in total. The summed E-state index contributed by atoms with van der Waals surface area (Å²) in [6.07, 6.45) is 1.89. The summed E-state index contributed by atoms with van der Waals surface area (Å²) in [6.45, 7) is 7.34. The fraction of sp³-hybridized carbons (Fsp3) is 0.444. The van der Waals surface area contributed by atoms with Gasteiger partial charge >= 0.3 is 0 Å². The maximum absolute atomic E-state index is 5.56. The molecule has 0 atom stereocenters. The molecule has 144 valence electrons. The van der Waals surface area contributed by atoms with Crippen molar-refractivity contribution in [2.24, 2.45) is 4.99 Å². The van der Waals surface area contributed by atoms with Gasteiger partial charge in [-0.25, -0.2) is 9.98 Å². The zero-order valence-corrected chi connectivity index (χ0v) is 18.6. The summed E-state index contributed by atoms with van der Waals surface area (Å²) in [5.41, 5.74) is 1.13. The summed E-state index contributed by atoms with van der Waals surface area (Å²) in [7, 11) is 1.66. The van der Waals surface area contributed by atoms with Crippen LogP contribution in [0.1, 0.15) is 22.4 Å². The number of guanidine groups is 1. The molecule has 0 saturated heterocycles. The van der Waals surface area contributed by atoms with Crippen molar-refractivity contribution in [2.75, 3.05) is 26.9 Å². The lowest BCUT2D eigenvalue weighted by atomic mass is 10.2. The average Bonchev–Trinajstić information content (AvgIpc) is 3.04. The van der Waals surface area contributed by atoms with Crippen molar-refractivity contribution in [3.05, 3.63) is 45.9 Å². The Labute approximate surface area is 176 Å². The maximum Gasteiger partial charge on any atom is 0.191 e. The normalized spacial score (nSPS) is 11.0. The van der Waals surface area contributed by atoms with Crippen LogP contribution >= 0.6 is 35.3 Å². The standard InChI is InChI=1S/C18H26N4O2S.HI/c1-4-19-18(22-13-17-20-11-14(2)25-17)21-12-15-5-7-16(8-6-15)24-10-9-23-3;/h5-8,11H,4,9-10,12-13H2,1-3H3,(H2,19,21,22);1H. The number of methoxy groups -OCH3 is 1. The molecule has 1 aromatic heterocycles. The van der Waals surface area contributed by atoms with Crippen LogP contribution in [0, 0.1) is 6.92 Å². The summed E-state index contributed by atoms with van der Waals surface area (Å²) in [5, 5.41) is 7.62. The van der Waals surface area contributed by atoms with E-state index in [1.54, 1.807) is 18.4 Å². The lowest BCUT2D eigenvalue weighted by molar-refractivity contribution is 0.146. The van der Waals surface area contributed by atoms with E-state index in [0.717, 1.165) is 28.8 Å². The lowest BCUT2D eigenvalue weighted by Gasteiger charge is -2.10. The first-order valence-corrected chi connectivity index (χ1v) is 9.17. The Hall–Kier alpha value is -1.39. The van der Waals surface area contributed by atoms with Gasteiger partial charge in [0.2, 0.25) is 0 Å². The quantitative estimate of drug-likeness (QED) is 0.244. The topological polar surface area (TPSA) is 67.8 Å². The predicted octanol–water partition coefficient (Wildman–Crippen LogP) is 3.35. The minimum Gasteiger partial charge on any atom is -0.491 e. The van der Waals surface area contributed by atoms with Gasteiger partial charge in [0.05, 0.1) is 19.7 Å². The van der Waals surface area contributed by atoms with E-state index in [0.29, 0.717) is 26.3 Å². The van der Waals surface area contributed by atoms with Gasteiger partial charge in [-0.3, -0.25) is 0 Å². The minimum absolute atomic E-state index is 0. The van der Waals surface area contributed by atoms with E-state index in [1.165, 1.54) is 4.88 Å². The lowest BCUT2D eigenvalue weighted by Crippen LogP contribution is -2.36. The van der Waals surface area contributed by atoms with Crippen LogP contribution in [0.4, 0.5) is 0 Å². The second-order valence-corrected chi connectivity index (χ2v) is 6.72. The Morgan fingerprint density at radius 2 is 1.96 bits per heavy atom. The van der Waals surface area contributed by atoms with E-state index < -0.39 is 0 Å². The SMILES string of the molecule is CCNC(=NCc1ccc(OCCOC)cc1)NCc1ncc(C)s1.I. The molecule has 0 amide bonds. The zero-order chi connectivity index (χ0) is 17.9. The molecule has 0 bridgehead atoms. The molecule has 26 heavy (non-hydrogen) atoms. The smallest absolute Gasteiger partial charge is 0.191 e. The van der Waals surface area contributed by atoms with Gasteiger partial charge in [-0.1, -0.05) is 12.1 Å². The van der Waals surface area contributed by atoms with Gasteiger partial charge in [-0.05, 0) is 31.5 Å². The zero-order valence-electron chi connectivity index (χ0n) is 15.4. The van der Waals surface area contributed by atoms with Crippen LogP contribution in [-0.4, -0.2) is 37.8 Å². The van der Waals surface area contributed by atoms with E-state index in [-0.39, 0.29) is 24.0 Å². The molecule has 0 saturated carbocycles. The highest BCUT2D eigenvalue weighted by Gasteiger charge is 2.02. The van der Waals surface area contributed by atoms with E-state index in [9.17, 15) is 0 Å². The molecule has 0 spiro atoms. The number of thiazole rings is 1. The van der Waals surface area contributed by atoms with Crippen LogP contribution in [0.15, 0.2) is 35.5 Å². The van der Waals surface area contributed by atoms with Crippen molar-refractivity contribution in [2.45, 2.75) is 26.9 Å². The number of rotatable bonds is 9. The first-order chi connectivity index (χ1) is 12.2. The number of aromatic nitrogens is 1. The Morgan fingerprint density at radius 3 is 2.58 bits per heavy atom. The van der Waals surface area contributed by atoms with Crippen LogP contribution in [0.2, 0.25) is 0 Å². The van der Waals surface area contributed by atoms with Crippen LogP contribution in [0.5, 0.6) is 5.75 Å². The average molecular weight is 490 g/mol. The summed E-state index contributed by atoms with van der Waals surface area (Å²) in [6, 6.07) is 7.97. The van der Waals surface area contributed by atoms with Crippen molar-refractivity contribution < 1.29 is 9.47 Å². The monoisotopic (exact) mass is 490 g/mol.